The number of imidazole rings is 1. The largest absolute Gasteiger partial charge is 0.328 e. The van der Waals surface area contributed by atoms with Crippen LogP contribution in [0.5, 0.6) is 0 Å². The third kappa shape index (κ3) is 2.12. The first-order valence-electron chi connectivity index (χ1n) is 6.03. The Morgan fingerprint density at radius 1 is 1.35 bits per heavy atom. The van der Waals surface area contributed by atoms with E-state index in [0.29, 0.717) is 16.8 Å². The molecular formula is C14H11F2N3S. The number of benzene rings is 1. The van der Waals surface area contributed by atoms with Crippen molar-refractivity contribution in [2.24, 2.45) is 0 Å². The van der Waals surface area contributed by atoms with Crippen LogP contribution in [0.2, 0.25) is 0 Å². The van der Waals surface area contributed by atoms with E-state index < -0.39 is 11.6 Å². The molecule has 0 radical (unpaired) electrons. The summed E-state index contributed by atoms with van der Waals surface area (Å²) >= 11 is 5.20. The molecular weight excluding hydrogens is 280 g/mol. The third-order valence-electron chi connectivity index (χ3n) is 3.28. The van der Waals surface area contributed by atoms with Crippen molar-refractivity contribution in [1.82, 2.24) is 14.5 Å². The van der Waals surface area contributed by atoms with Crippen molar-refractivity contribution in [3.05, 3.63) is 58.1 Å². The summed E-state index contributed by atoms with van der Waals surface area (Å²) in [5.41, 5.74) is 2.64. The molecule has 2 heterocycles. The number of fused-ring (bicyclic) bond motifs is 1. The van der Waals surface area contributed by atoms with Crippen molar-refractivity contribution in [2.45, 2.75) is 13.5 Å². The lowest BCUT2D eigenvalue weighted by Crippen LogP contribution is -2.02. The molecule has 3 nitrogen and oxygen atoms in total. The number of nitrogens with one attached hydrogen (secondary N) is 1. The van der Waals surface area contributed by atoms with Crippen LogP contribution in [0.3, 0.4) is 0 Å². The van der Waals surface area contributed by atoms with Gasteiger partial charge >= 0.3 is 0 Å². The van der Waals surface area contributed by atoms with Crippen molar-refractivity contribution in [2.75, 3.05) is 0 Å². The van der Waals surface area contributed by atoms with Crippen LogP contribution in [-0.2, 0) is 6.54 Å². The molecule has 0 unspecified atom stereocenters. The maximum Gasteiger partial charge on any atom is 0.178 e. The second-order valence-electron chi connectivity index (χ2n) is 4.60. The maximum absolute atomic E-state index is 13.7. The van der Waals surface area contributed by atoms with Gasteiger partial charge < -0.3 is 9.55 Å². The van der Waals surface area contributed by atoms with Crippen molar-refractivity contribution < 1.29 is 8.78 Å². The van der Waals surface area contributed by atoms with Gasteiger partial charge in [-0.25, -0.2) is 8.78 Å². The summed E-state index contributed by atoms with van der Waals surface area (Å²) in [6.45, 7) is 2.37. The van der Waals surface area contributed by atoms with Gasteiger partial charge in [-0.05, 0) is 42.4 Å². The molecule has 102 valence electrons. The molecule has 3 aromatic rings. The summed E-state index contributed by atoms with van der Waals surface area (Å²) in [7, 11) is 0. The lowest BCUT2D eigenvalue weighted by Gasteiger charge is -2.07. The van der Waals surface area contributed by atoms with E-state index in [0.717, 1.165) is 17.2 Å². The lowest BCUT2D eigenvalue weighted by atomic mass is 10.1. The molecule has 0 amide bonds. The second-order valence-corrected chi connectivity index (χ2v) is 4.99. The van der Waals surface area contributed by atoms with Crippen LogP contribution < -0.4 is 0 Å². The zero-order chi connectivity index (χ0) is 14.3. The monoisotopic (exact) mass is 291 g/mol. The highest BCUT2D eigenvalue weighted by molar-refractivity contribution is 7.71. The van der Waals surface area contributed by atoms with Crippen LogP contribution >= 0.6 is 12.2 Å². The fourth-order valence-electron chi connectivity index (χ4n) is 2.17. The number of aryl methyl sites for hydroxylation is 1. The van der Waals surface area contributed by atoms with Crippen LogP contribution in [-0.4, -0.2) is 14.5 Å². The standard InChI is InChI=1S/C14H11F2N3S/c1-8-2-3-17-6-9(8)7-19-12-5-10(15)4-11(16)13(12)18-14(19)20/h2-6H,7H2,1H3,(H,18,20). The highest BCUT2D eigenvalue weighted by Gasteiger charge is 2.12. The van der Waals surface area contributed by atoms with Gasteiger partial charge in [-0.3, -0.25) is 4.98 Å². The number of aromatic nitrogens is 3. The molecule has 1 N–H and O–H groups in total. The summed E-state index contributed by atoms with van der Waals surface area (Å²) < 4.78 is 29.1. The van der Waals surface area contributed by atoms with Crippen molar-refractivity contribution in [3.8, 4) is 0 Å². The van der Waals surface area contributed by atoms with Crippen molar-refractivity contribution in [1.29, 1.82) is 0 Å². The molecule has 0 atom stereocenters. The van der Waals surface area contributed by atoms with Gasteiger partial charge in [0.1, 0.15) is 11.3 Å². The molecule has 3 rings (SSSR count). The predicted molar refractivity (Wildman–Crippen MR) is 75.1 cm³/mol. The molecule has 0 bridgehead atoms. The van der Waals surface area contributed by atoms with E-state index >= 15 is 0 Å². The minimum Gasteiger partial charge on any atom is -0.328 e. The molecule has 0 saturated carbocycles. The SMILES string of the molecule is Cc1ccncc1Cn1c(=S)[nH]c2c(F)cc(F)cc21. The number of hydrogen-bond donors (Lipinski definition) is 1. The normalized spacial score (nSPS) is 11.2. The molecule has 1 aromatic carbocycles. The molecule has 0 fully saturated rings. The smallest absolute Gasteiger partial charge is 0.178 e. The molecule has 2 aromatic heterocycles. The zero-order valence-electron chi connectivity index (χ0n) is 10.7. The van der Waals surface area contributed by atoms with Crippen LogP contribution in [0.1, 0.15) is 11.1 Å². The Morgan fingerprint density at radius 3 is 2.90 bits per heavy atom. The van der Waals surface area contributed by atoms with E-state index in [1.807, 2.05) is 13.0 Å². The number of H-pyrrole nitrogens is 1. The Morgan fingerprint density at radius 2 is 2.15 bits per heavy atom. The van der Waals surface area contributed by atoms with Gasteiger partial charge in [0.15, 0.2) is 10.6 Å². The zero-order valence-corrected chi connectivity index (χ0v) is 11.5. The second kappa shape index (κ2) is 4.79. The summed E-state index contributed by atoms with van der Waals surface area (Å²) in [5.74, 6) is -1.27. The molecule has 6 heteroatoms. The summed E-state index contributed by atoms with van der Waals surface area (Å²) in [5, 5.41) is 0. The van der Waals surface area contributed by atoms with E-state index in [2.05, 4.69) is 9.97 Å². The molecule has 0 aliphatic rings. The van der Waals surface area contributed by atoms with Crippen LogP contribution in [0.25, 0.3) is 11.0 Å². The van der Waals surface area contributed by atoms with Gasteiger partial charge in [0, 0.05) is 18.5 Å². The first-order chi connectivity index (χ1) is 9.56. The number of aromatic amines is 1. The number of hydrogen-bond acceptors (Lipinski definition) is 2. The lowest BCUT2D eigenvalue weighted by molar-refractivity contribution is 0.590. The Balaban J connectivity index is 2.19. The Labute approximate surface area is 118 Å². The van der Waals surface area contributed by atoms with E-state index in [1.54, 1.807) is 17.0 Å². The predicted octanol–water partition coefficient (Wildman–Crippen LogP) is 3.73. The van der Waals surface area contributed by atoms with Gasteiger partial charge in [-0.15, -0.1) is 0 Å². The van der Waals surface area contributed by atoms with Gasteiger partial charge in [-0.2, -0.15) is 0 Å². The average molecular weight is 291 g/mol. The number of nitrogens with zero attached hydrogens (tertiary/aromatic N) is 2. The van der Waals surface area contributed by atoms with Gasteiger partial charge in [0.25, 0.3) is 0 Å². The Kier molecular flexibility index (Phi) is 3.10. The summed E-state index contributed by atoms with van der Waals surface area (Å²) in [6, 6.07) is 4.00. The molecule has 0 aliphatic carbocycles. The van der Waals surface area contributed by atoms with Crippen LogP contribution in [0, 0.1) is 23.3 Å². The van der Waals surface area contributed by atoms with Gasteiger partial charge in [0.2, 0.25) is 0 Å². The number of pyridine rings is 1. The molecule has 0 saturated heterocycles. The molecule has 0 spiro atoms. The highest BCUT2D eigenvalue weighted by atomic mass is 32.1. The summed E-state index contributed by atoms with van der Waals surface area (Å²) in [6.07, 6.45) is 3.43. The van der Waals surface area contributed by atoms with E-state index in [9.17, 15) is 8.78 Å². The maximum atomic E-state index is 13.7. The number of halogens is 2. The van der Waals surface area contributed by atoms with Gasteiger partial charge in [0.05, 0.1) is 12.1 Å². The average Bonchev–Trinajstić information content (AvgIpc) is 2.70. The quantitative estimate of drug-likeness (QED) is 0.730. The van der Waals surface area contributed by atoms with Crippen LogP contribution in [0.15, 0.2) is 30.6 Å². The Hall–Kier alpha value is -2.08. The Bertz CT molecular complexity index is 851. The van der Waals surface area contributed by atoms with E-state index in [4.69, 9.17) is 12.2 Å². The first-order valence-corrected chi connectivity index (χ1v) is 6.44. The molecule has 20 heavy (non-hydrogen) atoms. The van der Waals surface area contributed by atoms with Crippen molar-refractivity contribution >= 4 is 23.3 Å². The minimum atomic E-state index is -0.646. The van der Waals surface area contributed by atoms with E-state index in [1.165, 1.54) is 6.07 Å². The van der Waals surface area contributed by atoms with Crippen LogP contribution in [0.4, 0.5) is 8.78 Å². The fourth-order valence-corrected chi connectivity index (χ4v) is 2.43. The summed E-state index contributed by atoms with van der Waals surface area (Å²) in [4.78, 5) is 6.84. The minimum absolute atomic E-state index is 0.220. The topological polar surface area (TPSA) is 33.6 Å². The fraction of sp³-hybridized carbons (Fsp3) is 0.143. The number of rotatable bonds is 2. The molecule has 0 aliphatic heterocycles. The van der Waals surface area contributed by atoms with Gasteiger partial charge in [-0.1, -0.05) is 0 Å². The third-order valence-corrected chi connectivity index (χ3v) is 3.60. The van der Waals surface area contributed by atoms with E-state index in [-0.39, 0.29) is 5.52 Å². The first kappa shape index (κ1) is 12.9. The highest BCUT2D eigenvalue weighted by Crippen LogP contribution is 2.21. The van der Waals surface area contributed by atoms with Crippen molar-refractivity contribution in [3.63, 3.8) is 0 Å².